The third-order valence-corrected chi connectivity index (χ3v) is 2.11. The average Bonchev–Trinajstić information content (AvgIpc) is 1.79. The summed E-state index contributed by atoms with van der Waals surface area (Å²) in [5.41, 5.74) is 0. The fraction of sp³-hybridized carbons (Fsp3) is 1.00. The number of rotatable bonds is 0. The van der Waals surface area contributed by atoms with E-state index in [9.17, 15) is 0 Å². The van der Waals surface area contributed by atoms with Gasteiger partial charge in [0.05, 0.1) is 0 Å². The van der Waals surface area contributed by atoms with Crippen LogP contribution in [0.4, 0.5) is 0 Å². The van der Waals surface area contributed by atoms with E-state index in [2.05, 4.69) is 12.2 Å². The van der Waals surface area contributed by atoms with Gasteiger partial charge in [0.25, 0.3) is 0 Å². The second-order valence-electron chi connectivity index (χ2n) is 3.14. The van der Waals surface area contributed by atoms with Crippen LogP contribution in [0, 0.1) is 5.92 Å². The Hall–Kier alpha value is -0.0400. The SMILES string of the molecule is C[C@H]1CCCCNCC1. The fourth-order valence-corrected chi connectivity index (χ4v) is 1.36. The first-order valence-electron chi connectivity index (χ1n) is 4.10. The minimum absolute atomic E-state index is 0.956. The van der Waals surface area contributed by atoms with Crippen molar-refractivity contribution < 1.29 is 0 Å². The number of nitrogens with one attached hydrogen (secondary N) is 1. The molecule has 54 valence electrons. The van der Waals surface area contributed by atoms with Crippen LogP contribution in [0.2, 0.25) is 0 Å². The molecule has 1 atom stereocenters. The summed E-state index contributed by atoms with van der Waals surface area (Å²) >= 11 is 0. The van der Waals surface area contributed by atoms with Crippen molar-refractivity contribution in [2.45, 2.75) is 32.6 Å². The maximum absolute atomic E-state index is 3.42. The summed E-state index contributed by atoms with van der Waals surface area (Å²) in [6, 6.07) is 0. The van der Waals surface area contributed by atoms with Crippen LogP contribution in [0.15, 0.2) is 0 Å². The predicted molar refractivity (Wildman–Crippen MR) is 40.5 cm³/mol. The molecule has 0 aliphatic carbocycles. The largest absolute Gasteiger partial charge is 0.317 e. The van der Waals surface area contributed by atoms with E-state index in [-0.39, 0.29) is 0 Å². The Labute approximate surface area is 57.8 Å². The van der Waals surface area contributed by atoms with Gasteiger partial charge in [-0.2, -0.15) is 0 Å². The van der Waals surface area contributed by atoms with Gasteiger partial charge in [-0.1, -0.05) is 19.8 Å². The minimum atomic E-state index is 0.956. The van der Waals surface area contributed by atoms with Crippen molar-refractivity contribution in [2.75, 3.05) is 13.1 Å². The standard InChI is InChI=1S/C8H17N/c1-8-4-2-3-6-9-7-5-8/h8-9H,2-7H2,1H3/t8-/m0/s1. The first-order chi connectivity index (χ1) is 4.39. The van der Waals surface area contributed by atoms with Gasteiger partial charge in [0.1, 0.15) is 0 Å². The maximum Gasteiger partial charge on any atom is -0.00464 e. The first-order valence-corrected chi connectivity index (χ1v) is 4.10. The van der Waals surface area contributed by atoms with E-state index in [0.717, 1.165) is 5.92 Å². The molecule has 0 aromatic carbocycles. The normalized spacial score (nSPS) is 31.0. The molecular weight excluding hydrogens is 110 g/mol. The monoisotopic (exact) mass is 127 g/mol. The molecule has 0 radical (unpaired) electrons. The van der Waals surface area contributed by atoms with Gasteiger partial charge >= 0.3 is 0 Å². The van der Waals surface area contributed by atoms with Gasteiger partial charge in [0.15, 0.2) is 0 Å². The molecule has 1 saturated heterocycles. The van der Waals surface area contributed by atoms with E-state index in [1.54, 1.807) is 0 Å². The summed E-state index contributed by atoms with van der Waals surface area (Å²) in [5, 5.41) is 3.42. The van der Waals surface area contributed by atoms with Crippen LogP contribution in [0.25, 0.3) is 0 Å². The summed E-state index contributed by atoms with van der Waals surface area (Å²) in [6.45, 7) is 4.83. The molecule has 0 saturated carbocycles. The van der Waals surface area contributed by atoms with E-state index in [0.29, 0.717) is 0 Å². The van der Waals surface area contributed by atoms with Gasteiger partial charge in [-0.15, -0.1) is 0 Å². The molecule has 0 amide bonds. The van der Waals surface area contributed by atoms with Crippen LogP contribution in [-0.2, 0) is 0 Å². The van der Waals surface area contributed by atoms with Crippen LogP contribution in [0.1, 0.15) is 32.6 Å². The highest BCUT2D eigenvalue weighted by atomic mass is 14.8. The zero-order valence-corrected chi connectivity index (χ0v) is 6.32. The third-order valence-electron chi connectivity index (χ3n) is 2.11. The number of hydrogen-bond donors (Lipinski definition) is 1. The maximum atomic E-state index is 3.42. The van der Waals surface area contributed by atoms with Crippen LogP contribution >= 0.6 is 0 Å². The summed E-state index contributed by atoms with van der Waals surface area (Å²) in [6.07, 6.45) is 5.63. The predicted octanol–water partition coefficient (Wildman–Crippen LogP) is 1.79. The minimum Gasteiger partial charge on any atom is -0.317 e. The molecule has 9 heavy (non-hydrogen) atoms. The highest BCUT2D eigenvalue weighted by molar-refractivity contribution is 4.60. The lowest BCUT2D eigenvalue weighted by Crippen LogP contribution is -2.21. The topological polar surface area (TPSA) is 12.0 Å². The van der Waals surface area contributed by atoms with Crippen molar-refractivity contribution in [3.8, 4) is 0 Å². The summed E-state index contributed by atoms with van der Waals surface area (Å²) in [5.74, 6) is 0.956. The summed E-state index contributed by atoms with van der Waals surface area (Å²) in [4.78, 5) is 0. The van der Waals surface area contributed by atoms with Crippen molar-refractivity contribution in [1.82, 2.24) is 5.32 Å². The Morgan fingerprint density at radius 1 is 1.11 bits per heavy atom. The molecule has 1 aliphatic heterocycles. The van der Waals surface area contributed by atoms with Crippen molar-refractivity contribution >= 4 is 0 Å². The van der Waals surface area contributed by atoms with Gasteiger partial charge in [-0.3, -0.25) is 0 Å². The molecule has 1 aliphatic rings. The third kappa shape index (κ3) is 2.85. The number of hydrogen-bond acceptors (Lipinski definition) is 1. The highest BCUT2D eigenvalue weighted by Crippen LogP contribution is 2.12. The van der Waals surface area contributed by atoms with Crippen LogP contribution < -0.4 is 5.32 Å². The van der Waals surface area contributed by atoms with Crippen LogP contribution in [-0.4, -0.2) is 13.1 Å². The molecule has 0 spiro atoms. The van der Waals surface area contributed by atoms with E-state index in [4.69, 9.17) is 0 Å². The lowest BCUT2D eigenvalue weighted by Gasteiger charge is -2.15. The Balaban J connectivity index is 2.12. The molecule has 1 heteroatoms. The average molecular weight is 127 g/mol. The molecule has 0 aromatic rings. The molecule has 1 fully saturated rings. The van der Waals surface area contributed by atoms with Crippen molar-refractivity contribution in [2.24, 2.45) is 5.92 Å². The molecule has 1 rings (SSSR count). The molecule has 0 bridgehead atoms. The zero-order valence-electron chi connectivity index (χ0n) is 6.32. The Morgan fingerprint density at radius 2 is 2.00 bits per heavy atom. The lowest BCUT2D eigenvalue weighted by molar-refractivity contribution is 0.415. The molecule has 1 nitrogen and oxygen atoms in total. The fourth-order valence-electron chi connectivity index (χ4n) is 1.36. The zero-order chi connectivity index (χ0) is 6.53. The lowest BCUT2D eigenvalue weighted by atomic mass is 9.99. The van der Waals surface area contributed by atoms with Gasteiger partial charge in [-0.05, 0) is 31.8 Å². The quantitative estimate of drug-likeness (QED) is 0.523. The molecule has 1 N–H and O–H groups in total. The molecular formula is C8H17N. The molecule has 0 unspecified atom stereocenters. The van der Waals surface area contributed by atoms with Gasteiger partial charge < -0.3 is 5.32 Å². The van der Waals surface area contributed by atoms with E-state index < -0.39 is 0 Å². The van der Waals surface area contributed by atoms with Crippen molar-refractivity contribution in [3.05, 3.63) is 0 Å². The first kappa shape index (κ1) is 7.07. The van der Waals surface area contributed by atoms with Gasteiger partial charge in [-0.25, -0.2) is 0 Å². The smallest absolute Gasteiger partial charge is 0.00464 e. The van der Waals surface area contributed by atoms with Crippen LogP contribution in [0.5, 0.6) is 0 Å². The Bertz CT molecular complexity index is 63.0. The Kier molecular flexibility index (Phi) is 3.05. The Morgan fingerprint density at radius 3 is 2.89 bits per heavy atom. The second-order valence-corrected chi connectivity index (χ2v) is 3.14. The second kappa shape index (κ2) is 3.89. The van der Waals surface area contributed by atoms with E-state index in [1.165, 1.54) is 38.8 Å². The van der Waals surface area contributed by atoms with E-state index >= 15 is 0 Å². The molecule has 1 heterocycles. The van der Waals surface area contributed by atoms with Crippen LogP contribution in [0.3, 0.4) is 0 Å². The molecule has 0 aromatic heterocycles. The van der Waals surface area contributed by atoms with Gasteiger partial charge in [0, 0.05) is 0 Å². The van der Waals surface area contributed by atoms with Crippen molar-refractivity contribution in [3.63, 3.8) is 0 Å². The summed E-state index contributed by atoms with van der Waals surface area (Å²) < 4.78 is 0. The van der Waals surface area contributed by atoms with Gasteiger partial charge in [0.2, 0.25) is 0 Å². The van der Waals surface area contributed by atoms with Crippen molar-refractivity contribution in [1.29, 1.82) is 0 Å². The summed E-state index contributed by atoms with van der Waals surface area (Å²) in [7, 11) is 0. The highest BCUT2D eigenvalue weighted by Gasteiger charge is 2.03. The van der Waals surface area contributed by atoms with E-state index in [1.807, 2.05) is 0 Å².